The molecule has 0 amide bonds. The fourth-order valence-electron chi connectivity index (χ4n) is 0.498. The minimum absolute atomic E-state index is 0.240. The number of aliphatic carboxylic acids is 1. The second kappa shape index (κ2) is 4.71. The number of carboxylic acid groups (broad SMARTS) is 1. The van der Waals surface area contributed by atoms with Gasteiger partial charge in [0.25, 0.3) is 0 Å². The highest BCUT2D eigenvalue weighted by atomic mass is 32.4. The van der Waals surface area contributed by atoms with Crippen molar-refractivity contribution in [2.75, 3.05) is 0 Å². The van der Waals surface area contributed by atoms with Crippen LogP contribution in [0.1, 0.15) is 13.8 Å². The summed E-state index contributed by atoms with van der Waals surface area (Å²) < 4.78 is 0. The average molecular weight is 230 g/mol. The van der Waals surface area contributed by atoms with E-state index in [0.29, 0.717) is 0 Å². The predicted octanol–water partition coefficient (Wildman–Crippen LogP) is 1.17. The van der Waals surface area contributed by atoms with Crippen LogP contribution in [0.5, 0.6) is 0 Å². The molecule has 0 bridgehead atoms. The summed E-state index contributed by atoms with van der Waals surface area (Å²) in [5.74, 6) is -1.15. The molecule has 3 atom stereocenters. The Hall–Kier alpha value is 0.770. The molecule has 0 rings (SSSR count). The highest BCUT2D eigenvalue weighted by Crippen LogP contribution is 2.41. The molecule has 0 aliphatic carbocycles. The molecule has 0 radical (unpaired) electrons. The van der Waals surface area contributed by atoms with Crippen LogP contribution in [0.25, 0.3) is 0 Å². The molecule has 0 aliphatic heterocycles. The van der Waals surface area contributed by atoms with Crippen LogP contribution < -0.4 is 0 Å². The van der Waals surface area contributed by atoms with Crippen LogP contribution in [0.4, 0.5) is 0 Å². The fourth-order valence-corrected chi connectivity index (χ4v) is 4.64. The van der Waals surface area contributed by atoms with E-state index in [2.05, 4.69) is 0 Å². The van der Waals surface area contributed by atoms with Crippen molar-refractivity contribution >= 4 is 44.3 Å². The SMILES string of the molecule is CC(C(=O)O)C(C)([PH2]=S)[PH2]=S. The van der Waals surface area contributed by atoms with Gasteiger partial charge in [0.15, 0.2) is 0 Å². The van der Waals surface area contributed by atoms with Crippen molar-refractivity contribution in [3.63, 3.8) is 0 Å². The van der Waals surface area contributed by atoms with Crippen LogP contribution in [0, 0.1) is 5.92 Å². The number of rotatable bonds is 4. The monoisotopic (exact) mass is 230 g/mol. The second-order valence-corrected chi connectivity index (χ2v) is 7.70. The predicted molar refractivity (Wildman–Crippen MR) is 59.4 cm³/mol. The lowest BCUT2D eigenvalue weighted by atomic mass is 10.1. The maximum atomic E-state index is 10.6. The van der Waals surface area contributed by atoms with Crippen LogP contribution >= 0.6 is 14.7 Å². The van der Waals surface area contributed by atoms with Crippen molar-refractivity contribution in [3.8, 4) is 0 Å². The fraction of sp³-hybridized carbons (Fsp3) is 0.800. The number of hydrogen-bond acceptors (Lipinski definition) is 3. The van der Waals surface area contributed by atoms with Gasteiger partial charge in [0, 0.05) is 4.90 Å². The third-order valence-electron chi connectivity index (χ3n) is 1.81. The lowest BCUT2D eigenvalue weighted by molar-refractivity contribution is -0.141. The van der Waals surface area contributed by atoms with Gasteiger partial charge in [-0.05, 0) is 0 Å². The highest BCUT2D eigenvalue weighted by Gasteiger charge is 2.30. The van der Waals surface area contributed by atoms with E-state index in [1.165, 1.54) is 0 Å². The lowest BCUT2D eigenvalue weighted by Crippen LogP contribution is -2.26. The Labute approximate surface area is 79.1 Å². The Kier molecular flexibility index (Phi) is 5.04. The molecular formula is C5H12O2P2S2. The van der Waals surface area contributed by atoms with E-state index in [4.69, 9.17) is 28.7 Å². The van der Waals surface area contributed by atoms with Gasteiger partial charge in [0.1, 0.15) is 0 Å². The Bertz CT molecular complexity index is 187. The molecule has 0 saturated carbocycles. The van der Waals surface area contributed by atoms with Crippen molar-refractivity contribution in [2.45, 2.75) is 18.7 Å². The molecule has 0 aromatic heterocycles. The van der Waals surface area contributed by atoms with Gasteiger partial charge in [-0.25, -0.2) is 0 Å². The van der Waals surface area contributed by atoms with Crippen LogP contribution in [0.3, 0.4) is 0 Å². The van der Waals surface area contributed by atoms with Gasteiger partial charge in [-0.15, -0.1) is 23.6 Å². The van der Waals surface area contributed by atoms with Gasteiger partial charge in [0.2, 0.25) is 0 Å². The van der Waals surface area contributed by atoms with E-state index in [-0.39, 0.29) is 25.5 Å². The van der Waals surface area contributed by atoms with Gasteiger partial charge in [-0.1, -0.05) is 28.6 Å². The Balaban J connectivity index is 4.62. The molecule has 2 nitrogen and oxygen atoms in total. The summed E-state index contributed by atoms with van der Waals surface area (Å²) in [7, 11) is -0.513. The number of carboxylic acids is 1. The van der Waals surface area contributed by atoms with Crippen molar-refractivity contribution in [1.29, 1.82) is 0 Å². The molecule has 11 heavy (non-hydrogen) atoms. The Morgan fingerprint density at radius 3 is 2.00 bits per heavy atom. The first kappa shape index (κ1) is 11.8. The Morgan fingerprint density at radius 1 is 1.55 bits per heavy atom. The van der Waals surface area contributed by atoms with Gasteiger partial charge in [0.05, 0.1) is 5.92 Å². The van der Waals surface area contributed by atoms with Crippen LogP contribution in [0.15, 0.2) is 0 Å². The first-order chi connectivity index (χ1) is 4.98. The zero-order valence-electron chi connectivity index (χ0n) is 6.40. The molecule has 66 valence electrons. The first-order valence-corrected chi connectivity index (χ1v) is 8.06. The molecule has 0 spiro atoms. The van der Waals surface area contributed by atoms with Gasteiger partial charge in [-0.2, -0.15) is 0 Å². The zero-order valence-corrected chi connectivity index (χ0v) is 10.3. The molecular weight excluding hydrogens is 218 g/mol. The topological polar surface area (TPSA) is 37.3 Å². The van der Waals surface area contributed by atoms with E-state index >= 15 is 0 Å². The summed E-state index contributed by atoms with van der Waals surface area (Å²) in [6, 6.07) is 0. The molecule has 6 heteroatoms. The summed E-state index contributed by atoms with van der Waals surface area (Å²) >= 11 is 9.91. The quantitative estimate of drug-likeness (QED) is 0.736. The summed E-state index contributed by atoms with van der Waals surface area (Å²) in [6.45, 7) is 3.59. The standard InChI is InChI=1S/C5H12O2P2S2/c1-3(4(6)7)5(2,8-10)9-11/h3H,8-9H2,1-2H3,(H,6,7). The van der Waals surface area contributed by atoms with E-state index in [1.54, 1.807) is 6.92 Å². The largest absolute Gasteiger partial charge is 0.481 e. The van der Waals surface area contributed by atoms with Gasteiger partial charge >= 0.3 is 5.97 Å². The van der Waals surface area contributed by atoms with Crippen molar-refractivity contribution in [1.82, 2.24) is 0 Å². The molecule has 0 aliphatic rings. The molecule has 0 aromatic rings. The average Bonchev–Trinajstić information content (AvgIpc) is 2.01. The van der Waals surface area contributed by atoms with E-state index < -0.39 is 5.97 Å². The van der Waals surface area contributed by atoms with E-state index in [1.807, 2.05) is 6.92 Å². The van der Waals surface area contributed by atoms with Crippen LogP contribution in [0.2, 0.25) is 0 Å². The molecule has 0 saturated heterocycles. The van der Waals surface area contributed by atoms with E-state index in [0.717, 1.165) is 0 Å². The van der Waals surface area contributed by atoms with Crippen molar-refractivity contribution in [2.24, 2.45) is 5.92 Å². The summed E-state index contributed by atoms with van der Waals surface area (Å²) in [4.78, 5) is 10.4. The summed E-state index contributed by atoms with van der Waals surface area (Å²) in [5.41, 5.74) is 0. The second-order valence-electron chi connectivity index (χ2n) is 2.66. The minimum atomic E-state index is -0.776. The lowest BCUT2D eigenvalue weighted by Gasteiger charge is -2.24. The third kappa shape index (κ3) is 2.95. The van der Waals surface area contributed by atoms with Gasteiger partial charge in [-0.3, -0.25) is 4.79 Å². The molecule has 0 heterocycles. The summed E-state index contributed by atoms with van der Waals surface area (Å²) in [6.07, 6.45) is 0. The van der Waals surface area contributed by atoms with E-state index in [9.17, 15) is 4.79 Å². The zero-order chi connectivity index (χ0) is 9.07. The van der Waals surface area contributed by atoms with Crippen LogP contribution in [-0.4, -0.2) is 16.0 Å². The third-order valence-corrected chi connectivity index (χ3v) is 9.32. The molecule has 0 aromatic carbocycles. The van der Waals surface area contributed by atoms with Crippen LogP contribution in [-0.2, 0) is 28.4 Å². The number of hydrogen-bond donors (Lipinski definition) is 1. The highest BCUT2D eigenvalue weighted by molar-refractivity contribution is 8.05. The summed E-state index contributed by atoms with van der Waals surface area (Å²) in [5, 5.41) is 8.71. The Morgan fingerprint density at radius 2 is 1.91 bits per heavy atom. The minimum Gasteiger partial charge on any atom is -0.481 e. The smallest absolute Gasteiger partial charge is 0.307 e. The van der Waals surface area contributed by atoms with Crippen molar-refractivity contribution in [3.05, 3.63) is 0 Å². The first-order valence-electron chi connectivity index (χ1n) is 3.13. The maximum absolute atomic E-state index is 10.6. The molecule has 1 N–H and O–H groups in total. The maximum Gasteiger partial charge on any atom is 0.307 e. The van der Waals surface area contributed by atoms with Crippen molar-refractivity contribution < 1.29 is 9.90 Å². The number of carbonyl (C=O) groups is 1. The molecule has 0 fully saturated rings. The van der Waals surface area contributed by atoms with Gasteiger partial charge < -0.3 is 5.11 Å². The normalized spacial score (nSPS) is 20.9. The molecule has 3 unspecified atom stereocenters.